The number of hydrogen-bond donors (Lipinski definition) is 2. The zero-order valence-electron chi connectivity index (χ0n) is 15.4. The number of amides is 1. The van der Waals surface area contributed by atoms with Crippen LogP contribution in [0.1, 0.15) is 18.1 Å². The monoisotopic (exact) mass is 382 g/mol. The van der Waals surface area contributed by atoms with Crippen molar-refractivity contribution in [2.75, 3.05) is 24.9 Å². The summed E-state index contributed by atoms with van der Waals surface area (Å²) in [5, 5.41) is 5.52. The van der Waals surface area contributed by atoms with Gasteiger partial charge in [-0.2, -0.15) is 13.2 Å². The predicted molar refractivity (Wildman–Crippen MR) is 97.4 cm³/mol. The highest BCUT2D eigenvalue weighted by Gasteiger charge is 2.30. The van der Waals surface area contributed by atoms with Gasteiger partial charge in [-0.3, -0.25) is 4.79 Å². The molecule has 0 unspecified atom stereocenters. The van der Waals surface area contributed by atoms with Gasteiger partial charge in [0, 0.05) is 17.4 Å². The number of rotatable bonds is 6. The number of methoxy groups -OCH3 is 2. The second-order valence-corrected chi connectivity index (χ2v) is 5.96. The number of carbonyl (C=O) groups is 1. The van der Waals surface area contributed by atoms with Gasteiger partial charge in [0.2, 0.25) is 5.91 Å². The number of anilines is 2. The van der Waals surface area contributed by atoms with E-state index < -0.39 is 23.7 Å². The van der Waals surface area contributed by atoms with Gasteiger partial charge in [-0.1, -0.05) is 6.07 Å². The number of hydrogen-bond acceptors (Lipinski definition) is 4. The molecular formula is C19H21F3N2O3. The molecule has 0 aliphatic heterocycles. The van der Waals surface area contributed by atoms with Crippen molar-refractivity contribution < 1.29 is 27.4 Å². The Morgan fingerprint density at radius 1 is 1.07 bits per heavy atom. The minimum absolute atomic E-state index is 0.0764. The second kappa shape index (κ2) is 8.20. The highest BCUT2D eigenvalue weighted by atomic mass is 19.4. The van der Waals surface area contributed by atoms with E-state index >= 15 is 0 Å². The van der Waals surface area contributed by atoms with E-state index in [4.69, 9.17) is 9.47 Å². The van der Waals surface area contributed by atoms with Gasteiger partial charge in [0.25, 0.3) is 0 Å². The summed E-state index contributed by atoms with van der Waals surface area (Å²) < 4.78 is 48.8. The van der Waals surface area contributed by atoms with Crippen LogP contribution in [0.15, 0.2) is 36.4 Å². The van der Waals surface area contributed by atoms with Crippen LogP contribution in [-0.4, -0.2) is 26.2 Å². The maximum Gasteiger partial charge on any atom is 0.416 e. The van der Waals surface area contributed by atoms with Crippen LogP contribution in [0.3, 0.4) is 0 Å². The normalized spacial score (nSPS) is 12.3. The molecule has 0 radical (unpaired) electrons. The number of aryl methyl sites for hydroxylation is 1. The van der Waals surface area contributed by atoms with Crippen LogP contribution in [0.25, 0.3) is 0 Å². The van der Waals surface area contributed by atoms with Crippen LogP contribution in [0.4, 0.5) is 24.5 Å². The number of alkyl halides is 3. The van der Waals surface area contributed by atoms with Gasteiger partial charge in [-0.25, -0.2) is 0 Å². The fraction of sp³-hybridized carbons (Fsp3) is 0.316. The van der Waals surface area contributed by atoms with Gasteiger partial charge in [-0.05, 0) is 43.7 Å². The summed E-state index contributed by atoms with van der Waals surface area (Å²) in [6.07, 6.45) is -4.47. The fourth-order valence-corrected chi connectivity index (χ4v) is 2.46. The van der Waals surface area contributed by atoms with E-state index in [0.29, 0.717) is 17.2 Å². The molecule has 0 bridgehead atoms. The SMILES string of the molecule is COc1cc(C)c(N[C@H](C)C(=O)Nc2cccc(C(F)(F)F)c2)cc1OC. The van der Waals surface area contributed by atoms with Crippen molar-refractivity contribution in [1.29, 1.82) is 0 Å². The smallest absolute Gasteiger partial charge is 0.416 e. The Bertz CT molecular complexity index is 822. The van der Waals surface area contributed by atoms with Crippen molar-refractivity contribution in [2.45, 2.75) is 26.1 Å². The minimum Gasteiger partial charge on any atom is -0.493 e. The molecule has 1 atom stereocenters. The molecule has 146 valence electrons. The van der Waals surface area contributed by atoms with Crippen molar-refractivity contribution in [1.82, 2.24) is 0 Å². The van der Waals surface area contributed by atoms with Crippen molar-refractivity contribution in [3.8, 4) is 11.5 Å². The minimum atomic E-state index is -4.47. The number of halogens is 3. The molecule has 0 aliphatic carbocycles. The zero-order chi connectivity index (χ0) is 20.2. The Kier molecular flexibility index (Phi) is 6.20. The Labute approximate surface area is 155 Å². The molecular weight excluding hydrogens is 361 g/mol. The average Bonchev–Trinajstić information content (AvgIpc) is 2.62. The van der Waals surface area contributed by atoms with E-state index in [0.717, 1.165) is 17.7 Å². The highest BCUT2D eigenvalue weighted by molar-refractivity contribution is 5.96. The largest absolute Gasteiger partial charge is 0.493 e. The lowest BCUT2D eigenvalue weighted by Crippen LogP contribution is -2.32. The van der Waals surface area contributed by atoms with Crippen LogP contribution in [0.5, 0.6) is 11.5 Å². The molecule has 2 rings (SSSR count). The van der Waals surface area contributed by atoms with Crippen molar-refractivity contribution in [3.63, 3.8) is 0 Å². The Morgan fingerprint density at radius 3 is 2.30 bits per heavy atom. The molecule has 2 aromatic carbocycles. The molecule has 0 aromatic heterocycles. The Balaban J connectivity index is 2.13. The van der Waals surface area contributed by atoms with E-state index in [-0.39, 0.29) is 5.69 Å². The lowest BCUT2D eigenvalue weighted by atomic mass is 10.1. The first-order chi connectivity index (χ1) is 12.7. The molecule has 0 saturated carbocycles. The molecule has 0 spiro atoms. The first kappa shape index (κ1) is 20.4. The van der Waals surface area contributed by atoms with Crippen LogP contribution < -0.4 is 20.1 Å². The number of carbonyl (C=O) groups excluding carboxylic acids is 1. The van der Waals surface area contributed by atoms with Crippen molar-refractivity contribution in [3.05, 3.63) is 47.5 Å². The first-order valence-electron chi connectivity index (χ1n) is 8.13. The van der Waals surface area contributed by atoms with Gasteiger partial charge in [-0.15, -0.1) is 0 Å². The van der Waals surface area contributed by atoms with Gasteiger partial charge < -0.3 is 20.1 Å². The second-order valence-electron chi connectivity index (χ2n) is 5.96. The average molecular weight is 382 g/mol. The Hall–Kier alpha value is -2.90. The maximum absolute atomic E-state index is 12.8. The lowest BCUT2D eigenvalue weighted by molar-refractivity contribution is -0.137. The molecule has 2 N–H and O–H groups in total. The summed E-state index contributed by atoms with van der Waals surface area (Å²) in [5.74, 6) is 0.584. The van der Waals surface area contributed by atoms with Gasteiger partial charge in [0.05, 0.1) is 19.8 Å². The lowest BCUT2D eigenvalue weighted by Gasteiger charge is -2.19. The quantitative estimate of drug-likeness (QED) is 0.774. The van der Waals surface area contributed by atoms with Crippen LogP contribution in [0, 0.1) is 6.92 Å². The first-order valence-corrected chi connectivity index (χ1v) is 8.13. The third-order valence-electron chi connectivity index (χ3n) is 3.95. The topological polar surface area (TPSA) is 59.6 Å². The number of nitrogens with one attached hydrogen (secondary N) is 2. The highest BCUT2D eigenvalue weighted by Crippen LogP contribution is 2.33. The van der Waals surface area contributed by atoms with Crippen molar-refractivity contribution >= 4 is 17.3 Å². The molecule has 5 nitrogen and oxygen atoms in total. The standard InChI is InChI=1S/C19H21F3N2O3/c1-11-8-16(26-3)17(27-4)10-15(11)23-12(2)18(25)24-14-7-5-6-13(9-14)19(20,21)22/h5-10,12,23H,1-4H3,(H,24,25)/t12-/m1/s1. The van der Waals surface area contributed by atoms with Crippen LogP contribution in [0.2, 0.25) is 0 Å². The third kappa shape index (κ3) is 5.06. The van der Waals surface area contributed by atoms with Crippen LogP contribution >= 0.6 is 0 Å². The van der Waals surface area contributed by atoms with E-state index in [2.05, 4.69) is 10.6 Å². The maximum atomic E-state index is 12.8. The molecule has 0 saturated heterocycles. The number of ether oxygens (including phenoxy) is 2. The molecule has 0 fully saturated rings. The molecule has 1 amide bonds. The zero-order valence-corrected chi connectivity index (χ0v) is 15.4. The summed E-state index contributed by atoms with van der Waals surface area (Å²) >= 11 is 0. The molecule has 0 aliphatic rings. The summed E-state index contributed by atoms with van der Waals surface area (Å²) in [6.45, 7) is 3.45. The third-order valence-corrected chi connectivity index (χ3v) is 3.95. The molecule has 8 heteroatoms. The fourth-order valence-electron chi connectivity index (χ4n) is 2.46. The molecule has 2 aromatic rings. The van der Waals surface area contributed by atoms with Crippen molar-refractivity contribution in [2.24, 2.45) is 0 Å². The van der Waals surface area contributed by atoms with Gasteiger partial charge in [0.1, 0.15) is 6.04 Å². The molecule has 27 heavy (non-hydrogen) atoms. The van der Waals surface area contributed by atoms with E-state index in [1.165, 1.54) is 26.4 Å². The predicted octanol–water partition coefficient (Wildman–Crippen LogP) is 4.47. The van der Waals surface area contributed by atoms with Crippen LogP contribution in [-0.2, 0) is 11.0 Å². The van der Waals surface area contributed by atoms with E-state index in [1.54, 1.807) is 19.1 Å². The van der Waals surface area contributed by atoms with Gasteiger partial charge >= 0.3 is 6.18 Å². The Morgan fingerprint density at radius 2 is 1.70 bits per heavy atom. The summed E-state index contributed by atoms with van der Waals surface area (Å²) in [4.78, 5) is 12.4. The summed E-state index contributed by atoms with van der Waals surface area (Å²) in [5.41, 5.74) is 0.731. The molecule has 0 heterocycles. The summed E-state index contributed by atoms with van der Waals surface area (Å²) in [7, 11) is 3.02. The van der Waals surface area contributed by atoms with E-state index in [9.17, 15) is 18.0 Å². The summed E-state index contributed by atoms with van der Waals surface area (Å²) in [6, 6.07) is 7.25. The van der Waals surface area contributed by atoms with Gasteiger partial charge in [0.15, 0.2) is 11.5 Å². The van der Waals surface area contributed by atoms with E-state index in [1.807, 2.05) is 6.92 Å². The number of benzene rings is 2.